The van der Waals surface area contributed by atoms with Gasteiger partial charge in [0.1, 0.15) is 9.90 Å². The SMILES string of the molecule is Cc1nc(Sc2ccc3c(n2)CCC3)sc1C(=O)O. The summed E-state index contributed by atoms with van der Waals surface area (Å²) in [5, 5.41) is 9.91. The molecule has 1 aliphatic carbocycles. The molecule has 0 saturated carbocycles. The molecule has 0 unspecified atom stereocenters. The van der Waals surface area contributed by atoms with Gasteiger partial charge in [-0.1, -0.05) is 17.4 Å². The molecule has 6 heteroatoms. The Kier molecular flexibility index (Phi) is 3.28. The van der Waals surface area contributed by atoms with E-state index in [2.05, 4.69) is 16.0 Å². The molecular formula is C13H12N2O2S2. The number of aromatic nitrogens is 2. The van der Waals surface area contributed by atoms with Crippen LogP contribution in [0.1, 0.15) is 33.0 Å². The van der Waals surface area contributed by atoms with Crippen molar-refractivity contribution in [2.24, 2.45) is 0 Å². The van der Waals surface area contributed by atoms with Gasteiger partial charge >= 0.3 is 5.97 Å². The van der Waals surface area contributed by atoms with Gasteiger partial charge in [0.2, 0.25) is 0 Å². The first-order valence-corrected chi connectivity index (χ1v) is 7.64. The van der Waals surface area contributed by atoms with Gasteiger partial charge in [0.15, 0.2) is 4.34 Å². The maximum Gasteiger partial charge on any atom is 0.347 e. The fourth-order valence-corrected chi connectivity index (χ4v) is 4.12. The molecule has 2 heterocycles. The highest BCUT2D eigenvalue weighted by atomic mass is 32.2. The minimum Gasteiger partial charge on any atom is -0.477 e. The zero-order valence-electron chi connectivity index (χ0n) is 10.3. The van der Waals surface area contributed by atoms with Crippen LogP contribution in [0.5, 0.6) is 0 Å². The van der Waals surface area contributed by atoms with Crippen LogP contribution in [-0.4, -0.2) is 21.0 Å². The molecule has 98 valence electrons. The van der Waals surface area contributed by atoms with Gasteiger partial charge < -0.3 is 5.11 Å². The van der Waals surface area contributed by atoms with Crippen LogP contribution >= 0.6 is 23.1 Å². The van der Waals surface area contributed by atoms with E-state index in [1.807, 2.05) is 6.07 Å². The molecule has 2 aromatic rings. The lowest BCUT2D eigenvalue weighted by atomic mass is 10.2. The molecule has 4 nitrogen and oxygen atoms in total. The average molecular weight is 292 g/mol. The Morgan fingerprint density at radius 2 is 2.21 bits per heavy atom. The molecule has 2 aromatic heterocycles. The highest BCUT2D eigenvalue weighted by Gasteiger charge is 2.17. The van der Waals surface area contributed by atoms with Gasteiger partial charge in [-0.15, -0.1) is 0 Å². The normalized spacial score (nSPS) is 13.5. The first-order chi connectivity index (χ1) is 9.13. The van der Waals surface area contributed by atoms with E-state index in [1.165, 1.54) is 40.8 Å². The van der Waals surface area contributed by atoms with E-state index in [9.17, 15) is 4.79 Å². The molecule has 3 rings (SSSR count). The van der Waals surface area contributed by atoms with Crippen molar-refractivity contribution in [3.63, 3.8) is 0 Å². The predicted molar refractivity (Wildman–Crippen MR) is 74.2 cm³/mol. The van der Waals surface area contributed by atoms with Gasteiger partial charge in [0, 0.05) is 5.69 Å². The standard InChI is InChI=1S/C13H12N2O2S2/c1-7-11(12(16)17)19-13(14-7)18-10-6-5-8-3-2-4-9(8)15-10/h5-6H,2-4H2,1H3,(H,16,17). The quantitative estimate of drug-likeness (QED) is 0.941. The highest BCUT2D eigenvalue weighted by molar-refractivity contribution is 8.01. The fourth-order valence-electron chi connectivity index (χ4n) is 2.16. The number of rotatable bonds is 3. The molecular weight excluding hydrogens is 280 g/mol. The van der Waals surface area contributed by atoms with Crippen LogP contribution in [0.15, 0.2) is 21.5 Å². The summed E-state index contributed by atoms with van der Waals surface area (Å²) < 4.78 is 0.736. The Bertz CT molecular complexity index is 652. The van der Waals surface area contributed by atoms with Crippen LogP contribution < -0.4 is 0 Å². The maximum absolute atomic E-state index is 11.0. The average Bonchev–Trinajstić information content (AvgIpc) is 2.95. The molecule has 19 heavy (non-hydrogen) atoms. The summed E-state index contributed by atoms with van der Waals surface area (Å²) >= 11 is 2.65. The third-order valence-corrected chi connectivity index (χ3v) is 5.21. The Balaban J connectivity index is 1.85. The van der Waals surface area contributed by atoms with Crippen molar-refractivity contribution >= 4 is 29.1 Å². The predicted octanol–water partition coefficient (Wildman–Crippen LogP) is 3.18. The molecule has 1 N–H and O–H groups in total. The van der Waals surface area contributed by atoms with E-state index < -0.39 is 5.97 Å². The van der Waals surface area contributed by atoms with Crippen LogP contribution in [0, 0.1) is 6.92 Å². The van der Waals surface area contributed by atoms with Gasteiger partial charge in [0.25, 0.3) is 0 Å². The number of carboxylic acids is 1. The molecule has 1 aliphatic rings. The number of aromatic carboxylic acids is 1. The van der Waals surface area contributed by atoms with Crippen LogP contribution in [-0.2, 0) is 12.8 Å². The summed E-state index contributed by atoms with van der Waals surface area (Å²) in [4.78, 5) is 20.2. The monoisotopic (exact) mass is 292 g/mol. The van der Waals surface area contributed by atoms with Gasteiger partial charge in [-0.25, -0.2) is 14.8 Å². The largest absolute Gasteiger partial charge is 0.477 e. The van der Waals surface area contributed by atoms with Gasteiger partial charge in [-0.05, 0) is 49.6 Å². The van der Waals surface area contributed by atoms with Crippen molar-refractivity contribution < 1.29 is 9.90 Å². The van der Waals surface area contributed by atoms with Crippen LogP contribution in [0.25, 0.3) is 0 Å². The van der Waals surface area contributed by atoms with Crippen molar-refractivity contribution in [1.29, 1.82) is 0 Å². The third kappa shape index (κ3) is 2.50. The molecule has 0 bridgehead atoms. The van der Waals surface area contributed by atoms with E-state index in [0.717, 1.165) is 22.2 Å². The molecule has 0 atom stereocenters. The number of nitrogens with zero attached hydrogens (tertiary/aromatic N) is 2. The number of aryl methyl sites for hydroxylation is 3. The molecule has 0 amide bonds. The summed E-state index contributed by atoms with van der Waals surface area (Å²) in [6.45, 7) is 1.72. The second-order valence-corrected chi connectivity index (χ2v) is 6.68. The number of carbonyl (C=O) groups is 1. The van der Waals surface area contributed by atoms with Crippen molar-refractivity contribution in [1.82, 2.24) is 9.97 Å². The molecule has 0 saturated heterocycles. The van der Waals surface area contributed by atoms with Crippen molar-refractivity contribution in [2.75, 3.05) is 0 Å². The van der Waals surface area contributed by atoms with Crippen LogP contribution in [0.4, 0.5) is 0 Å². The highest BCUT2D eigenvalue weighted by Crippen LogP contribution is 2.33. The zero-order chi connectivity index (χ0) is 13.4. The molecule has 0 aromatic carbocycles. The van der Waals surface area contributed by atoms with Crippen LogP contribution in [0.2, 0.25) is 0 Å². The fraction of sp³-hybridized carbons (Fsp3) is 0.308. The van der Waals surface area contributed by atoms with E-state index >= 15 is 0 Å². The van der Waals surface area contributed by atoms with Crippen molar-refractivity contribution in [3.8, 4) is 0 Å². The minimum atomic E-state index is -0.913. The van der Waals surface area contributed by atoms with E-state index in [0.29, 0.717) is 10.6 Å². The third-order valence-electron chi connectivity index (χ3n) is 3.07. The Morgan fingerprint density at radius 3 is 2.95 bits per heavy atom. The first kappa shape index (κ1) is 12.6. The van der Waals surface area contributed by atoms with E-state index in [-0.39, 0.29) is 0 Å². The number of thiazole rings is 1. The Morgan fingerprint density at radius 1 is 1.37 bits per heavy atom. The summed E-state index contributed by atoms with van der Waals surface area (Å²) in [6, 6.07) is 4.11. The van der Waals surface area contributed by atoms with Gasteiger partial charge in [-0.3, -0.25) is 0 Å². The summed E-state index contributed by atoms with van der Waals surface area (Å²) in [6.07, 6.45) is 3.34. The number of hydrogen-bond acceptors (Lipinski definition) is 5. The Hall–Kier alpha value is -1.40. The maximum atomic E-state index is 11.0. The summed E-state index contributed by atoms with van der Waals surface area (Å²) in [5.41, 5.74) is 3.09. The topological polar surface area (TPSA) is 63.1 Å². The lowest BCUT2D eigenvalue weighted by Gasteiger charge is -2.01. The molecule has 0 fully saturated rings. The van der Waals surface area contributed by atoms with Crippen LogP contribution in [0.3, 0.4) is 0 Å². The van der Waals surface area contributed by atoms with E-state index in [1.54, 1.807) is 6.92 Å². The lowest BCUT2D eigenvalue weighted by molar-refractivity contribution is 0.0701. The second-order valence-electron chi connectivity index (χ2n) is 4.41. The number of carboxylic acid groups (broad SMARTS) is 1. The summed E-state index contributed by atoms with van der Waals surface area (Å²) in [7, 11) is 0. The lowest BCUT2D eigenvalue weighted by Crippen LogP contribution is -1.94. The molecule has 0 spiro atoms. The Labute approximate surface area is 118 Å². The van der Waals surface area contributed by atoms with E-state index in [4.69, 9.17) is 5.11 Å². The second kappa shape index (κ2) is 4.94. The smallest absolute Gasteiger partial charge is 0.347 e. The van der Waals surface area contributed by atoms with Crippen molar-refractivity contribution in [2.45, 2.75) is 35.6 Å². The number of fused-ring (bicyclic) bond motifs is 1. The van der Waals surface area contributed by atoms with Crippen molar-refractivity contribution in [3.05, 3.63) is 34.0 Å². The summed E-state index contributed by atoms with van der Waals surface area (Å²) in [5.74, 6) is -0.913. The molecule has 0 aliphatic heterocycles. The number of pyridine rings is 1. The van der Waals surface area contributed by atoms with Gasteiger partial charge in [-0.2, -0.15) is 0 Å². The van der Waals surface area contributed by atoms with Gasteiger partial charge in [0.05, 0.1) is 5.69 Å². The zero-order valence-corrected chi connectivity index (χ0v) is 12.0. The first-order valence-electron chi connectivity index (χ1n) is 6.01. The number of hydrogen-bond donors (Lipinski definition) is 1. The molecule has 0 radical (unpaired) electrons. The minimum absolute atomic E-state index is 0.309.